The van der Waals surface area contributed by atoms with E-state index < -0.39 is 23.7 Å². The van der Waals surface area contributed by atoms with Crippen molar-refractivity contribution < 1.29 is 18.7 Å². The number of hydrogen-bond donors (Lipinski definition) is 1. The first-order chi connectivity index (χ1) is 15.0. The molecule has 0 radical (unpaired) electrons. The van der Waals surface area contributed by atoms with E-state index in [4.69, 9.17) is 4.74 Å². The standard InChI is InChI=1S/C23H21BrFN3O3/c1-31-21(29)13-18(14-6-4-7-15(24)12-14)26-23(30)22-16-8-5-11-19(16)28(27-22)20-10-3-2-9-17(20)25/h2-4,6-7,9-10,12,18H,5,8,11,13H2,1H3,(H,26,30). The van der Waals surface area contributed by atoms with Crippen LogP contribution in [-0.4, -0.2) is 28.8 Å². The highest BCUT2D eigenvalue weighted by Crippen LogP contribution is 2.29. The quantitative estimate of drug-likeness (QED) is 0.528. The van der Waals surface area contributed by atoms with Gasteiger partial charge < -0.3 is 10.1 Å². The fraction of sp³-hybridized carbons (Fsp3) is 0.261. The summed E-state index contributed by atoms with van der Waals surface area (Å²) in [6, 6.07) is 13.2. The molecule has 0 saturated heterocycles. The van der Waals surface area contributed by atoms with Crippen LogP contribution < -0.4 is 5.32 Å². The number of esters is 1. The van der Waals surface area contributed by atoms with Crippen LogP contribution in [0.5, 0.6) is 0 Å². The molecule has 1 heterocycles. The van der Waals surface area contributed by atoms with Gasteiger partial charge in [-0.15, -0.1) is 0 Å². The number of halogens is 2. The molecule has 1 aliphatic rings. The molecule has 2 aromatic carbocycles. The third-order valence-corrected chi connectivity index (χ3v) is 5.87. The van der Waals surface area contributed by atoms with Gasteiger partial charge in [0.05, 0.1) is 19.6 Å². The van der Waals surface area contributed by atoms with E-state index in [0.717, 1.165) is 34.1 Å². The Labute approximate surface area is 187 Å². The number of carbonyl (C=O) groups is 2. The van der Waals surface area contributed by atoms with Gasteiger partial charge >= 0.3 is 5.97 Å². The van der Waals surface area contributed by atoms with Crippen molar-refractivity contribution >= 4 is 27.8 Å². The minimum atomic E-state index is -0.590. The molecule has 0 saturated carbocycles. The van der Waals surface area contributed by atoms with Crippen LogP contribution in [0.1, 0.15) is 46.2 Å². The lowest BCUT2D eigenvalue weighted by Crippen LogP contribution is -2.31. The minimum absolute atomic E-state index is 0.0189. The Morgan fingerprint density at radius 2 is 2.03 bits per heavy atom. The normalized spacial score (nSPS) is 13.5. The molecule has 1 amide bonds. The number of nitrogens with zero attached hydrogens (tertiary/aromatic N) is 2. The molecule has 1 N–H and O–H groups in total. The van der Waals surface area contributed by atoms with Gasteiger partial charge in [-0.3, -0.25) is 9.59 Å². The molecular formula is C23H21BrFN3O3. The number of carbonyl (C=O) groups excluding carboxylic acids is 2. The minimum Gasteiger partial charge on any atom is -0.469 e. The van der Waals surface area contributed by atoms with Crippen LogP contribution in [-0.2, 0) is 22.4 Å². The van der Waals surface area contributed by atoms with Crippen molar-refractivity contribution in [1.82, 2.24) is 15.1 Å². The van der Waals surface area contributed by atoms with Gasteiger partial charge in [-0.25, -0.2) is 9.07 Å². The molecule has 8 heteroatoms. The summed E-state index contributed by atoms with van der Waals surface area (Å²) in [7, 11) is 1.31. The predicted molar refractivity (Wildman–Crippen MR) is 117 cm³/mol. The molecule has 1 aromatic heterocycles. The van der Waals surface area contributed by atoms with Gasteiger partial charge in [-0.1, -0.05) is 40.2 Å². The van der Waals surface area contributed by atoms with Gasteiger partial charge in [0.15, 0.2) is 5.69 Å². The predicted octanol–water partition coefficient (Wildman–Crippen LogP) is 4.30. The van der Waals surface area contributed by atoms with Crippen molar-refractivity contribution in [2.24, 2.45) is 0 Å². The maximum atomic E-state index is 14.4. The zero-order valence-electron chi connectivity index (χ0n) is 16.9. The van der Waals surface area contributed by atoms with Crippen LogP contribution in [0.15, 0.2) is 53.0 Å². The van der Waals surface area contributed by atoms with Gasteiger partial charge in [0, 0.05) is 15.7 Å². The van der Waals surface area contributed by atoms with Crippen molar-refractivity contribution in [3.05, 3.63) is 81.3 Å². The average molecular weight is 486 g/mol. The lowest BCUT2D eigenvalue weighted by molar-refractivity contribution is -0.141. The van der Waals surface area contributed by atoms with Gasteiger partial charge in [0.2, 0.25) is 0 Å². The number of amides is 1. The number of ether oxygens (including phenoxy) is 1. The van der Waals surface area contributed by atoms with Crippen molar-refractivity contribution in [3.63, 3.8) is 0 Å². The third-order valence-electron chi connectivity index (χ3n) is 5.38. The second-order valence-corrected chi connectivity index (χ2v) is 8.27. The second-order valence-electron chi connectivity index (χ2n) is 7.35. The van der Waals surface area contributed by atoms with Crippen LogP contribution >= 0.6 is 15.9 Å². The SMILES string of the molecule is COC(=O)CC(NC(=O)c1nn(-c2ccccc2F)c2c1CCC2)c1cccc(Br)c1. The van der Waals surface area contributed by atoms with Gasteiger partial charge in [-0.05, 0) is 49.1 Å². The topological polar surface area (TPSA) is 73.2 Å². The monoisotopic (exact) mass is 485 g/mol. The number of hydrogen-bond acceptors (Lipinski definition) is 4. The van der Waals surface area contributed by atoms with Gasteiger partial charge in [-0.2, -0.15) is 5.10 Å². The highest BCUT2D eigenvalue weighted by molar-refractivity contribution is 9.10. The zero-order valence-corrected chi connectivity index (χ0v) is 18.5. The highest BCUT2D eigenvalue weighted by Gasteiger charge is 2.29. The smallest absolute Gasteiger partial charge is 0.307 e. The molecule has 6 nitrogen and oxygen atoms in total. The molecule has 0 fully saturated rings. The van der Waals surface area contributed by atoms with E-state index in [-0.39, 0.29) is 12.1 Å². The van der Waals surface area contributed by atoms with Crippen LogP contribution in [0, 0.1) is 5.82 Å². The van der Waals surface area contributed by atoms with E-state index in [1.165, 1.54) is 17.9 Å². The van der Waals surface area contributed by atoms with E-state index in [1.54, 1.807) is 18.2 Å². The zero-order chi connectivity index (χ0) is 22.0. The molecule has 0 aliphatic heterocycles. The number of nitrogens with one attached hydrogen (secondary N) is 1. The number of methoxy groups -OCH3 is 1. The Balaban J connectivity index is 1.68. The molecule has 160 valence electrons. The maximum absolute atomic E-state index is 14.4. The first kappa shape index (κ1) is 21.2. The van der Waals surface area contributed by atoms with E-state index >= 15 is 0 Å². The Kier molecular flexibility index (Phi) is 6.18. The summed E-state index contributed by atoms with van der Waals surface area (Å²) in [5.41, 5.74) is 3.02. The Bertz CT molecular complexity index is 1140. The summed E-state index contributed by atoms with van der Waals surface area (Å²) in [6.07, 6.45) is 2.28. The average Bonchev–Trinajstić information content (AvgIpc) is 3.36. The number of aromatic nitrogens is 2. The van der Waals surface area contributed by atoms with E-state index in [9.17, 15) is 14.0 Å². The lowest BCUT2D eigenvalue weighted by Gasteiger charge is -2.18. The second kappa shape index (κ2) is 9.01. The van der Waals surface area contributed by atoms with Crippen LogP contribution in [0.4, 0.5) is 4.39 Å². The van der Waals surface area contributed by atoms with Crippen LogP contribution in [0.25, 0.3) is 5.69 Å². The van der Waals surface area contributed by atoms with Crippen molar-refractivity contribution in [2.75, 3.05) is 7.11 Å². The molecule has 0 bridgehead atoms. The fourth-order valence-electron chi connectivity index (χ4n) is 3.89. The van der Waals surface area contributed by atoms with E-state index in [2.05, 4.69) is 26.3 Å². The van der Waals surface area contributed by atoms with Crippen LogP contribution in [0.3, 0.4) is 0 Å². The molecule has 1 atom stereocenters. The number of benzene rings is 2. The highest BCUT2D eigenvalue weighted by atomic mass is 79.9. The first-order valence-corrected chi connectivity index (χ1v) is 10.8. The fourth-order valence-corrected chi connectivity index (χ4v) is 4.31. The van der Waals surface area contributed by atoms with Crippen molar-refractivity contribution in [2.45, 2.75) is 31.7 Å². The molecule has 1 aliphatic carbocycles. The molecule has 31 heavy (non-hydrogen) atoms. The van der Waals surface area contributed by atoms with Gasteiger partial charge in [0.1, 0.15) is 11.5 Å². The number of para-hydroxylation sites is 1. The molecule has 4 rings (SSSR count). The Morgan fingerprint density at radius 1 is 1.23 bits per heavy atom. The van der Waals surface area contributed by atoms with Crippen molar-refractivity contribution in [3.8, 4) is 5.69 Å². The summed E-state index contributed by atoms with van der Waals surface area (Å²) in [5, 5.41) is 7.39. The van der Waals surface area contributed by atoms with Gasteiger partial charge in [0.25, 0.3) is 5.91 Å². The third kappa shape index (κ3) is 4.39. The Morgan fingerprint density at radius 3 is 2.77 bits per heavy atom. The maximum Gasteiger partial charge on any atom is 0.307 e. The molecule has 0 spiro atoms. The lowest BCUT2D eigenvalue weighted by atomic mass is 10.0. The summed E-state index contributed by atoms with van der Waals surface area (Å²) in [4.78, 5) is 25.2. The first-order valence-electron chi connectivity index (χ1n) is 9.96. The summed E-state index contributed by atoms with van der Waals surface area (Å²) in [6.45, 7) is 0. The summed E-state index contributed by atoms with van der Waals surface area (Å²) < 4.78 is 21.6. The largest absolute Gasteiger partial charge is 0.469 e. The molecule has 1 unspecified atom stereocenters. The Hall–Kier alpha value is -3.00. The summed E-state index contributed by atoms with van der Waals surface area (Å²) in [5.74, 6) is -1.24. The molecular weight excluding hydrogens is 465 g/mol. The van der Waals surface area contributed by atoms with Crippen molar-refractivity contribution in [1.29, 1.82) is 0 Å². The summed E-state index contributed by atoms with van der Waals surface area (Å²) >= 11 is 3.42. The molecule has 3 aromatic rings. The number of fused-ring (bicyclic) bond motifs is 1. The van der Waals surface area contributed by atoms with Crippen LogP contribution in [0.2, 0.25) is 0 Å². The van der Waals surface area contributed by atoms with E-state index in [0.29, 0.717) is 12.1 Å². The van der Waals surface area contributed by atoms with E-state index in [1.807, 2.05) is 24.3 Å². The number of rotatable bonds is 6.